The zero-order valence-electron chi connectivity index (χ0n) is 8.26. The molecule has 2 unspecified atom stereocenters. The standard InChI is InChI=1S/C10H19NO/c1-7(2)10(3)4-9(10)11-8-5-12-6-8/h7-9,11H,4-6H2,1-3H3. The molecule has 0 aromatic heterocycles. The molecular weight excluding hydrogens is 150 g/mol. The average molecular weight is 169 g/mol. The van der Waals surface area contributed by atoms with E-state index in [1.54, 1.807) is 0 Å². The minimum Gasteiger partial charge on any atom is -0.378 e. The van der Waals surface area contributed by atoms with Gasteiger partial charge in [-0.05, 0) is 17.8 Å². The summed E-state index contributed by atoms with van der Waals surface area (Å²) >= 11 is 0. The van der Waals surface area contributed by atoms with Gasteiger partial charge in [0, 0.05) is 6.04 Å². The fourth-order valence-electron chi connectivity index (χ4n) is 1.88. The molecule has 12 heavy (non-hydrogen) atoms. The van der Waals surface area contributed by atoms with Crippen molar-refractivity contribution in [3.8, 4) is 0 Å². The summed E-state index contributed by atoms with van der Waals surface area (Å²) < 4.78 is 5.13. The molecule has 2 heteroatoms. The Hall–Kier alpha value is -0.0800. The van der Waals surface area contributed by atoms with Crippen LogP contribution >= 0.6 is 0 Å². The van der Waals surface area contributed by atoms with Crippen LogP contribution in [0.15, 0.2) is 0 Å². The number of rotatable bonds is 3. The minimum absolute atomic E-state index is 0.565. The van der Waals surface area contributed by atoms with Gasteiger partial charge in [0.1, 0.15) is 0 Å². The van der Waals surface area contributed by atoms with Gasteiger partial charge in [0.15, 0.2) is 0 Å². The smallest absolute Gasteiger partial charge is 0.0643 e. The Morgan fingerprint density at radius 3 is 2.42 bits per heavy atom. The summed E-state index contributed by atoms with van der Waals surface area (Å²) in [5.74, 6) is 0.802. The molecule has 2 atom stereocenters. The Kier molecular flexibility index (Phi) is 1.92. The van der Waals surface area contributed by atoms with Crippen LogP contribution in [0.3, 0.4) is 0 Å². The molecule has 0 aromatic carbocycles. The minimum atomic E-state index is 0.565. The van der Waals surface area contributed by atoms with Crippen LogP contribution in [0.5, 0.6) is 0 Å². The van der Waals surface area contributed by atoms with Crippen molar-refractivity contribution >= 4 is 0 Å². The van der Waals surface area contributed by atoms with E-state index in [0.717, 1.165) is 25.2 Å². The van der Waals surface area contributed by atoms with Crippen LogP contribution in [0, 0.1) is 11.3 Å². The molecule has 1 saturated heterocycles. The molecule has 2 rings (SSSR count). The first kappa shape index (κ1) is 8.52. The van der Waals surface area contributed by atoms with Gasteiger partial charge in [-0.3, -0.25) is 0 Å². The van der Waals surface area contributed by atoms with Crippen molar-refractivity contribution < 1.29 is 4.74 Å². The molecule has 1 saturated carbocycles. The van der Waals surface area contributed by atoms with Gasteiger partial charge in [-0.2, -0.15) is 0 Å². The largest absolute Gasteiger partial charge is 0.378 e. The molecule has 1 heterocycles. The highest BCUT2D eigenvalue weighted by Gasteiger charge is 2.52. The van der Waals surface area contributed by atoms with Crippen LogP contribution in [0.25, 0.3) is 0 Å². The Balaban J connectivity index is 1.78. The maximum Gasteiger partial charge on any atom is 0.0643 e. The highest BCUT2D eigenvalue weighted by Crippen LogP contribution is 2.51. The molecule has 1 N–H and O–H groups in total. The Labute approximate surface area is 74.7 Å². The van der Waals surface area contributed by atoms with Crippen molar-refractivity contribution in [2.75, 3.05) is 13.2 Å². The SMILES string of the molecule is CC(C)C1(C)CC1NC1COC1. The zero-order valence-corrected chi connectivity index (χ0v) is 8.26. The number of nitrogens with one attached hydrogen (secondary N) is 1. The van der Waals surface area contributed by atoms with E-state index in [1.807, 2.05) is 0 Å². The monoisotopic (exact) mass is 169 g/mol. The highest BCUT2D eigenvalue weighted by atomic mass is 16.5. The van der Waals surface area contributed by atoms with E-state index in [9.17, 15) is 0 Å². The summed E-state index contributed by atoms with van der Waals surface area (Å²) in [6.07, 6.45) is 1.35. The van der Waals surface area contributed by atoms with Gasteiger partial charge in [0.2, 0.25) is 0 Å². The van der Waals surface area contributed by atoms with Crippen molar-refractivity contribution in [2.45, 2.75) is 39.3 Å². The van der Waals surface area contributed by atoms with Crippen molar-refractivity contribution in [3.05, 3.63) is 0 Å². The van der Waals surface area contributed by atoms with E-state index < -0.39 is 0 Å². The topological polar surface area (TPSA) is 21.3 Å². The Morgan fingerprint density at radius 1 is 1.42 bits per heavy atom. The summed E-state index contributed by atoms with van der Waals surface area (Å²) in [5.41, 5.74) is 0.565. The molecule has 70 valence electrons. The normalized spacial score (nSPS) is 41.5. The predicted octanol–water partition coefficient (Wildman–Crippen LogP) is 1.41. The maximum absolute atomic E-state index is 5.13. The second kappa shape index (κ2) is 2.71. The van der Waals surface area contributed by atoms with E-state index in [1.165, 1.54) is 6.42 Å². The first-order valence-electron chi connectivity index (χ1n) is 4.97. The van der Waals surface area contributed by atoms with Crippen LogP contribution in [0.4, 0.5) is 0 Å². The molecule has 0 bridgehead atoms. The van der Waals surface area contributed by atoms with E-state index in [0.29, 0.717) is 11.5 Å². The van der Waals surface area contributed by atoms with Crippen molar-refractivity contribution in [1.82, 2.24) is 5.32 Å². The predicted molar refractivity (Wildman–Crippen MR) is 49.1 cm³/mol. The van der Waals surface area contributed by atoms with Gasteiger partial charge in [0.05, 0.1) is 19.3 Å². The Morgan fingerprint density at radius 2 is 2.08 bits per heavy atom. The average Bonchev–Trinajstić information content (AvgIpc) is 2.55. The van der Waals surface area contributed by atoms with Gasteiger partial charge in [0.25, 0.3) is 0 Å². The molecular formula is C10H19NO. The lowest BCUT2D eigenvalue weighted by atomic mass is 9.94. The van der Waals surface area contributed by atoms with Crippen LogP contribution in [-0.4, -0.2) is 25.3 Å². The second-order valence-electron chi connectivity index (χ2n) is 4.82. The first-order chi connectivity index (χ1) is 5.63. The third kappa shape index (κ3) is 1.27. The molecule has 0 radical (unpaired) electrons. The van der Waals surface area contributed by atoms with E-state index in [2.05, 4.69) is 26.1 Å². The second-order valence-corrected chi connectivity index (χ2v) is 4.82. The fourth-order valence-corrected chi connectivity index (χ4v) is 1.88. The molecule has 0 amide bonds. The van der Waals surface area contributed by atoms with Crippen LogP contribution in [0.1, 0.15) is 27.2 Å². The molecule has 1 aliphatic carbocycles. The lowest BCUT2D eigenvalue weighted by molar-refractivity contribution is -0.00768. The summed E-state index contributed by atoms with van der Waals surface area (Å²) in [7, 11) is 0. The van der Waals surface area contributed by atoms with Crippen molar-refractivity contribution in [2.24, 2.45) is 11.3 Å². The number of hydrogen-bond donors (Lipinski definition) is 1. The molecule has 2 fully saturated rings. The summed E-state index contributed by atoms with van der Waals surface area (Å²) in [4.78, 5) is 0. The number of hydrogen-bond acceptors (Lipinski definition) is 2. The zero-order chi connectivity index (χ0) is 8.77. The lowest BCUT2D eigenvalue weighted by Gasteiger charge is -2.28. The maximum atomic E-state index is 5.13. The van der Waals surface area contributed by atoms with Crippen LogP contribution < -0.4 is 5.32 Å². The van der Waals surface area contributed by atoms with E-state index in [-0.39, 0.29) is 0 Å². The van der Waals surface area contributed by atoms with Gasteiger partial charge in [-0.15, -0.1) is 0 Å². The van der Waals surface area contributed by atoms with Gasteiger partial charge >= 0.3 is 0 Å². The van der Waals surface area contributed by atoms with Crippen LogP contribution in [-0.2, 0) is 4.74 Å². The van der Waals surface area contributed by atoms with Gasteiger partial charge in [-0.25, -0.2) is 0 Å². The highest BCUT2D eigenvalue weighted by molar-refractivity contribution is 5.07. The molecule has 2 aliphatic rings. The van der Waals surface area contributed by atoms with E-state index in [4.69, 9.17) is 4.74 Å². The van der Waals surface area contributed by atoms with Gasteiger partial charge < -0.3 is 10.1 Å². The summed E-state index contributed by atoms with van der Waals surface area (Å²) in [6, 6.07) is 1.40. The quantitative estimate of drug-likeness (QED) is 0.689. The van der Waals surface area contributed by atoms with E-state index >= 15 is 0 Å². The van der Waals surface area contributed by atoms with Crippen molar-refractivity contribution in [3.63, 3.8) is 0 Å². The lowest BCUT2D eigenvalue weighted by Crippen LogP contribution is -2.48. The van der Waals surface area contributed by atoms with Crippen LogP contribution in [0.2, 0.25) is 0 Å². The molecule has 0 spiro atoms. The van der Waals surface area contributed by atoms with Crippen molar-refractivity contribution in [1.29, 1.82) is 0 Å². The first-order valence-corrected chi connectivity index (χ1v) is 4.97. The summed E-state index contributed by atoms with van der Waals surface area (Å²) in [5, 5.41) is 3.64. The third-order valence-corrected chi connectivity index (χ3v) is 3.67. The number of ether oxygens (including phenoxy) is 1. The summed E-state index contributed by atoms with van der Waals surface area (Å²) in [6.45, 7) is 8.86. The molecule has 2 nitrogen and oxygen atoms in total. The fraction of sp³-hybridized carbons (Fsp3) is 1.00. The van der Waals surface area contributed by atoms with Gasteiger partial charge in [-0.1, -0.05) is 20.8 Å². The molecule has 0 aromatic rings. The third-order valence-electron chi connectivity index (χ3n) is 3.67. The Bertz CT molecular complexity index is 177. The molecule has 1 aliphatic heterocycles.